The molecule has 9 heteroatoms. The summed E-state index contributed by atoms with van der Waals surface area (Å²) in [6.45, 7) is 0. The van der Waals surface area contributed by atoms with Gasteiger partial charge in [0.1, 0.15) is 5.76 Å². The topological polar surface area (TPSA) is 94.3 Å². The SMILES string of the molecule is CNC(=O)c1ccccc1-c1cc2c(C(=O)Cc3c(Cl)cncc3Cl)cnc(OC)c2o1. The molecule has 3 aromatic heterocycles. The van der Waals surface area contributed by atoms with Crippen LogP contribution in [0.25, 0.3) is 22.3 Å². The quantitative estimate of drug-likeness (QED) is 0.399. The Morgan fingerprint density at radius 1 is 1.09 bits per heavy atom. The molecular formula is C23H17Cl2N3O4. The van der Waals surface area contributed by atoms with E-state index < -0.39 is 0 Å². The van der Waals surface area contributed by atoms with Crippen molar-refractivity contribution in [3.8, 4) is 17.2 Å². The number of nitrogens with one attached hydrogen (secondary N) is 1. The summed E-state index contributed by atoms with van der Waals surface area (Å²) in [6, 6.07) is 8.71. The van der Waals surface area contributed by atoms with Crippen molar-refractivity contribution in [3.05, 3.63) is 75.7 Å². The number of ether oxygens (including phenoxy) is 1. The Morgan fingerprint density at radius 2 is 1.81 bits per heavy atom. The van der Waals surface area contributed by atoms with E-state index in [9.17, 15) is 9.59 Å². The standard InChI is InChI=1S/C23H17Cl2N3O4/c1-26-22(30)13-6-4-3-5-12(13)20-8-14-16(9-28-23(31-2)21(14)32-20)19(29)7-15-17(24)10-27-11-18(15)25/h3-6,8-11H,7H2,1-2H3,(H,26,30). The molecular weight excluding hydrogens is 453 g/mol. The molecule has 1 aromatic carbocycles. The van der Waals surface area contributed by atoms with Crippen molar-refractivity contribution in [1.82, 2.24) is 15.3 Å². The van der Waals surface area contributed by atoms with Gasteiger partial charge in [-0.3, -0.25) is 14.6 Å². The molecule has 0 spiro atoms. The van der Waals surface area contributed by atoms with Crippen LogP contribution >= 0.6 is 23.2 Å². The van der Waals surface area contributed by atoms with E-state index in [0.717, 1.165) is 0 Å². The number of ketones is 1. The highest BCUT2D eigenvalue weighted by Gasteiger charge is 2.22. The van der Waals surface area contributed by atoms with Gasteiger partial charge in [-0.2, -0.15) is 0 Å². The molecule has 7 nitrogen and oxygen atoms in total. The lowest BCUT2D eigenvalue weighted by Gasteiger charge is -2.07. The van der Waals surface area contributed by atoms with Gasteiger partial charge in [-0.15, -0.1) is 0 Å². The summed E-state index contributed by atoms with van der Waals surface area (Å²) in [6.07, 6.45) is 4.25. The van der Waals surface area contributed by atoms with Gasteiger partial charge < -0.3 is 14.5 Å². The zero-order chi connectivity index (χ0) is 22.8. The van der Waals surface area contributed by atoms with E-state index in [1.165, 1.54) is 25.7 Å². The maximum absolute atomic E-state index is 13.2. The van der Waals surface area contributed by atoms with Crippen molar-refractivity contribution in [3.63, 3.8) is 0 Å². The van der Waals surface area contributed by atoms with E-state index in [-0.39, 0.29) is 24.0 Å². The monoisotopic (exact) mass is 469 g/mol. The van der Waals surface area contributed by atoms with Gasteiger partial charge in [0.2, 0.25) is 0 Å². The average Bonchev–Trinajstić information content (AvgIpc) is 3.25. The maximum atomic E-state index is 13.2. The molecule has 0 unspecified atom stereocenters. The normalized spacial score (nSPS) is 10.9. The lowest BCUT2D eigenvalue weighted by atomic mass is 10.0. The summed E-state index contributed by atoms with van der Waals surface area (Å²) in [5.74, 6) is 0.108. The van der Waals surface area contributed by atoms with Gasteiger partial charge in [-0.25, -0.2) is 4.98 Å². The number of Topliss-reactive ketones (excluding diaryl/α,β-unsaturated/α-hetero) is 1. The van der Waals surface area contributed by atoms with E-state index in [4.69, 9.17) is 32.4 Å². The van der Waals surface area contributed by atoms with Crippen LogP contribution in [-0.2, 0) is 6.42 Å². The van der Waals surface area contributed by atoms with Crippen molar-refractivity contribution < 1.29 is 18.7 Å². The molecule has 1 amide bonds. The Morgan fingerprint density at radius 3 is 2.50 bits per heavy atom. The first kappa shape index (κ1) is 21.8. The predicted molar refractivity (Wildman–Crippen MR) is 122 cm³/mol. The van der Waals surface area contributed by atoms with Crippen LogP contribution in [0.5, 0.6) is 5.88 Å². The molecule has 0 aliphatic heterocycles. The third kappa shape index (κ3) is 3.92. The first-order valence-corrected chi connectivity index (χ1v) is 10.3. The maximum Gasteiger partial charge on any atom is 0.258 e. The van der Waals surface area contributed by atoms with Crippen molar-refractivity contribution in [2.45, 2.75) is 6.42 Å². The molecule has 3 heterocycles. The molecule has 0 atom stereocenters. The molecule has 32 heavy (non-hydrogen) atoms. The fourth-order valence-electron chi connectivity index (χ4n) is 3.40. The van der Waals surface area contributed by atoms with E-state index in [1.807, 2.05) is 0 Å². The number of pyridine rings is 2. The van der Waals surface area contributed by atoms with Crippen molar-refractivity contribution in [2.75, 3.05) is 14.2 Å². The summed E-state index contributed by atoms with van der Waals surface area (Å²) in [5, 5.41) is 3.72. The molecule has 4 aromatic rings. The Kier molecular flexibility index (Phi) is 6.12. The largest absolute Gasteiger partial charge is 0.478 e. The van der Waals surface area contributed by atoms with Crippen molar-refractivity contribution >= 4 is 45.9 Å². The van der Waals surface area contributed by atoms with Crippen LogP contribution in [0.1, 0.15) is 26.3 Å². The minimum atomic E-state index is -0.260. The Balaban J connectivity index is 1.84. The highest BCUT2D eigenvalue weighted by molar-refractivity contribution is 6.36. The van der Waals surface area contributed by atoms with Gasteiger partial charge >= 0.3 is 0 Å². The number of carbonyl (C=O) groups is 2. The summed E-state index contributed by atoms with van der Waals surface area (Å²) in [7, 11) is 3.01. The van der Waals surface area contributed by atoms with E-state index in [0.29, 0.717) is 49.0 Å². The predicted octanol–water partition coefficient (Wildman–Crippen LogP) is 4.99. The summed E-state index contributed by atoms with van der Waals surface area (Å²) in [5.41, 5.74) is 2.10. The van der Waals surface area contributed by atoms with Gasteiger partial charge in [0, 0.05) is 54.1 Å². The smallest absolute Gasteiger partial charge is 0.258 e. The average molecular weight is 470 g/mol. The lowest BCUT2D eigenvalue weighted by molar-refractivity contribution is 0.0961. The molecule has 0 fully saturated rings. The number of halogens is 2. The minimum Gasteiger partial charge on any atom is -0.478 e. The number of rotatable bonds is 6. The second-order valence-corrected chi connectivity index (χ2v) is 7.66. The van der Waals surface area contributed by atoms with Gasteiger partial charge in [-0.1, -0.05) is 41.4 Å². The summed E-state index contributed by atoms with van der Waals surface area (Å²) < 4.78 is 11.3. The van der Waals surface area contributed by atoms with Crippen molar-refractivity contribution in [1.29, 1.82) is 0 Å². The first-order chi connectivity index (χ1) is 15.4. The van der Waals surface area contributed by atoms with Crippen LogP contribution < -0.4 is 10.1 Å². The molecule has 0 saturated heterocycles. The second kappa shape index (κ2) is 8.98. The van der Waals surface area contributed by atoms with Gasteiger partial charge in [0.05, 0.1) is 22.7 Å². The van der Waals surface area contributed by atoms with E-state index in [2.05, 4.69) is 15.3 Å². The molecule has 162 valence electrons. The number of methoxy groups -OCH3 is 1. The number of carbonyl (C=O) groups excluding carboxylic acids is 2. The second-order valence-electron chi connectivity index (χ2n) is 6.84. The molecule has 0 aliphatic carbocycles. The number of benzene rings is 1. The molecule has 0 aliphatic rings. The van der Waals surface area contributed by atoms with Gasteiger partial charge in [-0.05, 0) is 12.1 Å². The zero-order valence-corrected chi connectivity index (χ0v) is 18.6. The number of amides is 1. The Hall–Kier alpha value is -3.42. The van der Waals surface area contributed by atoms with Crippen LogP contribution in [0, 0.1) is 0 Å². The fourth-order valence-corrected chi connectivity index (χ4v) is 3.89. The number of aromatic nitrogens is 2. The third-order valence-electron chi connectivity index (χ3n) is 4.98. The van der Waals surface area contributed by atoms with E-state index in [1.54, 1.807) is 37.4 Å². The summed E-state index contributed by atoms with van der Waals surface area (Å²) >= 11 is 12.4. The Bertz CT molecular complexity index is 1330. The first-order valence-electron chi connectivity index (χ1n) is 9.53. The van der Waals surface area contributed by atoms with E-state index >= 15 is 0 Å². The molecule has 1 N–H and O–H groups in total. The minimum absolute atomic E-state index is 0.0430. The van der Waals surface area contributed by atoms with Crippen molar-refractivity contribution in [2.24, 2.45) is 0 Å². The lowest BCUT2D eigenvalue weighted by Crippen LogP contribution is -2.18. The van der Waals surface area contributed by atoms with Gasteiger partial charge in [0.15, 0.2) is 11.4 Å². The Labute approximate surface area is 193 Å². The molecule has 0 radical (unpaired) electrons. The molecule has 4 rings (SSSR count). The van der Waals surface area contributed by atoms with Crippen LogP contribution in [0.3, 0.4) is 0 Å². The number of nitrogens with zero attached hydrogens (tertiary/aromatic N) is 2. The number of furan rings is 1. The highest BCUT2D eigenvalue weighted by atomic mass is 35.5. The highest BCUT2D eigenvalue weighted by Crippen LogP contribution is 2.36. The van der Waals surface area contributed by atoms with Gasteiger partial charge in [0.25, 0.3) is 11.8 Å². The van der Waals surface area contributed by atoms with Crippen LogP contribution in [-0.4, -0.2) is 35.8 Å². The number of hydrogen-bond donors (Lipinski definition) is 1. The molecule has 0 bridgehead atoms. The number of hydrogen-bond acceptors (Lipinski definition) is 6. The summed E-state index contributed by atoms with van der Waals surface area (Å²) in [4.78, 5) is 33.6. The zero-order valence-electron chi connectivity index (χ0n) is 17.1. The molecule has 0 saturated carbocycles. The van der Waals surface area contributed by atoms with Crippen LogP contribution in [0.15, 0.2) is 53.3 Å². The number of fused-ring (bicyclic) bond motifs is 1. The third-order valence-corrected chi connectivity index (χ3v) is 5.63. The fraction of sp³-hybridized carbons (Fsp3) is 0.130. The van der Waals surface area contributed by atoms with Crippen LogP contribution in [0.4, 0.5) is 0 Å². The van der Waals surface area contributed by atoms with Crippen LogP contribution in [0.2, 0.25) is 10.0 Å².